The van der Waals surface area contributed by atoms with E-state index >= 15 is 0 Å². The van der Waals surface area contributed by atoms with Gasteiger partial charge in [0.05, 0.1) is 0 Å². The summed E-state index contributed by atoms with van der Waals surface area (Å²) in [6, 6.07) is 6.13. The van der Waals surface area contributed by atoms with E-state index in [0.29, 0.717) is 0 Å². The molecular formula is C16H23ClN2O. The van der Waals surface area contributed by atoms with Crippen molar-refractivity contribution < 1.29 is 4.79 Å². The molecule has 0 radical (unpaired) electrons. The van der Waals surface area contributed by atoms with Crippen molar-refractivity contribution in [2.24, 2.45) is 16.7 Å². The number of anilines is 2. The van der Waals surface area contributed by atoms with Crippen molar-refractivity contribution in [3.63, 3.8) is 0 Å². The molecule has 3 rings (SSSR count). The number of nitrogens with one attached hydrogen (secondary N) is 2. The van der Waals surface area contributed by atoms with Gasteiger partial charge >= 0.3 is 0 Å². The summed E-state index contributed by atoms with van der Waals surface area (Å²) in [4.78, 5) is 12.4. The molecule has 1 aromatic rings. The van der Waals surface area contributed by atoms with E-state index in [1.165, 1.54) is 11.3 Å². The molecule has 0 aromatic heterocycles. The lowest BCUT2D eigenvalue weighted by Gasteiger charge is -2.08. The van der Waals surface area contributed by atoms with Crippen LogP contribution in [0.5, 0.6) is 0 Å². The van der Waals surface area contributed by atoms with Crippen LogP contribution in [0.15, 0.2) is 18.2 Å². The monoisotopic (exact) mass is 294 g/mol. The molecule has 1 aliphatic carbocycles. The van der Waals surface area contributed by atoms with E-state index in [1.54, 1.807) is 0 Å². The van der Waals surface area contributed by atoms with Crippen LogP contribution in [-0.2, 0) is 11.2 Å². The number of fused-ring (bicyclic) bond motifs is 1. The molecule has 1 heterocycles. The van der Waals surface area contributed by atoms with Crippen LogP contribution in [0.1, 0.15) is 33.3 Å². The molecule has 1 aromatic carbocycles. The molecule has 0 unspecified atom stereocenters. The molecule has 1 saturated carbocycles. The smallest absolute Gasteiger partial charge is 0.228 e. The zero-order chi connectivity index (χ0) is 13.8. The van der Waals surface area contributed by atoms with Crippen molar-refractivity contribution in [2.45, 2.75) is 34.1 Å². The second-order valence-electron chi connectivity index (χ2n) is 6.91. The first-order chi connectivity index (χ1) is 8.84. The second kappa shape index (κ2) is 4.66. The highest BCUT2D eigenvalue weighted by atomic mass is 35.5. The first-order valence-corrected chi connectivity index (χ1v) is 7.02. The van der Waals surface area contributed by atoms with Crippen LogP contribution in [0, 0.1) is 16.7 Å². The van der Waals surface area contributed by atoms with Gasteiger partial charge in [0.15, 0.2) is 0 Å². The number of benzene rings is 1. The zero-order valence-corrected chi connectivity index (χ0v) is 13.4. The van der Waals surface area contributed by atoms with E-state index in [2.05, 4.69) is 50.5 Å². The summed E-state index contributed by atoms with van der Waals surface area (Å²) in [7, 11) is 0. The normalized spacial score (nSPS) is 21.4. The van der Waals surface area contributed by atoms with Crippen LogP contribution in [0.4, 0.5) is 11.4 Å². The lowest BCUT2D eigenvalue weighted by molar-refractivity contribution is -0.118. The largest absolute Gasteiger partial charge is 0.384 e. The van der Waals surface area contributed by atoms with Crippen molar-refractivity contribution in [2.75, 3.05) is 17.2 Å². The van der Waals surface area contributed by atoms with E-state index in [4.69, 9.17) is 0 Å². The van der Waals surface area contributed by atoms with Crippen molar-refractivity contribution in [1.82, 2.24) is 0 Å². The fraction of sp³-hybridized carbons (Fsp3) is 0.562. The van der Waals surface area contributed by atoms with E-state index in [9.17, 15) is 4.79 Å². The Labute approximate surface area is 126 Å². The summed E-state index contributed by atoms with van der Waals surface area (Å²) in [6.45, 7) is 9.68. The highest BCUT2D eigenvalue weighted by molar-refractivity contribution is 5.96. The Morgan fingerprint density at radius 2 is 1.90 bits per heavy atom. The van der Waals surface area contributed by atoms with Crippen molar-refractivity contribution in [3.05, 3.63) is 23.8 Å². The number of rotatable bonds is 2. The van der Waals surface area contributed by atoms with Gasteiger partial charge in [-0.3, -0.25) is 4.79 Å². The van der Waals surface area contributed by atoms with E-state index in [0.717, 1.165) is 18.7 Å². The van der Waals surface area contributed by atoms with Crippen LogP contribution in [0.25, 0.3) is 0 Å². The van der Waals surface area contributed by atoms with Crippen molar-refractivity contribution in [1.29, 1.82) is 0 Å². The van der Waals surface area contributed by atoms with Crippen molar-refractivity contribution >= 4 is 29.7 Å². The Morgan fingerprint density at radius 1 is 1.25 bits per heavy atom. The Balaban J connectivity index is 0.00000147. The van der Waals surface area contributed by atoms with Gasteiger partial charge in [-0.2, -0.15) is 0 Å². The quantitative estimate of drug-likeness (QED) is 0.873. The number of carbonyl (C=O) groups excluding carboxylic acids is 1. The molecule has 3 nitrogen and oxygen atoms in total. The third kappa shape index (κ3) is 2.08. The predicted molar refractivity (Wildman–Crippen MR) is 85.6 cm³/mol. The number of amides is 1. The molecule has 110 valence electrons. The van der Waals surface area contributed by atoms with Gasteiger partial charge in [0.1, 0.15) is 0 Å². The minimum absolute atomic E-state index is 0. The fourth-order valence-electron chi connectivity index (χ4n) is 3.45. The molecule has 2 N–H and O–H groups in total. The molecular weight excluding hydrogens is 272 g/mol. The summed E-state index contributed by atoms with van der Waals surface area (Å²) in [5.41, 5.74) is 3.60. The molecule has 0 bridgehead atoms. The van der Waals surface area contributed by atoms with Crippen LogP contribution in [-0.4, -0.2) is 12.5 Å². The summed E-state index contributed by atoms with van der Waals surface area (Å²) in [6.07, 6.45) is 1.04. The summed E-state index contributed by atoms with van der Waals surface area (Å²) in [5, 5.41) is 6.41. The first-order valence-electron chi connectivity index (χ1n) is 7.02. The topological polar surface area (TPSA) is 41.1 Å². The molecule has 0 saturated heterocycles. The third-order valence-corrected chi connectivity index (χ3v) is 5.37. The SMILES string of the molecule is CC1(C)C(C(=O)Nc2ccc3c(c2)CCN3)C1(C)C.Cl. The van der Waals surface area contributed by atoms with Crippen LogP contribution < -0.4 is 10.6 Å². The van der Waals surface area contributed by atoms with Crippen LogP contribution >= 0.6 is 12.4 Å². The maximum absolute atomic E-state index is 12.4. The van der Waals surface area contributed by atoms with Crippen LogP contribution in [0.3, 0.4) is 0 Å². The molecule has 0 atom stereocenters. The first kappa shape index (κ1) is 15.2. The van der Waals surface area contributed by atoms with Crippen molar-refractivity contribution in [3.8, 4) is 0 Å². The minimum atomic E-state index is 0. The Kier molecular flexibility index (Phi) is 3.53. The molecule has 2 aliphatic rings. The van der Waals surface area contributed by atoms with Gasteiger partial charge in [0.2, 0.25) is 5.91 Å². The van der Waals surface area contributed by atoms with E-state index < -0.39 is 0 Å². The predicted octanol–water partition coefficient (Wildman–Crippen LogP) is 3.70. The molecule has 4 heteroatoms. The maximum atomic E-state index is 12.4. The minimum Gasteiger partial charge on any atom is -0.384 e. The lowest BCUT2D eigenvalue weighted by atomic mass is 10.0. The number of hydrogen-bond donors (Lipinski definition) is 2. The summed E-state index contributed by atoms with van der Waals surface area (Å²) in [5.74, 6) is 0.257. The van der Waals surface area contributed by atoms with E-state index in [1.807, 2.05) is 6.07 Å². The van der Waals surface area contributed by atoms with Gasteiger partial charge in [-0.25, -0.2) is 0 Å². The summed E-state index contributed by atoms with van der Waals surface area (Å²) >= 11 is 0. The second-order valence-corrected chi connectivity index (χ2v) is 6.91. The number of halogens is 1. The molecule has 20 heavy (non-hydrogen) atoms. The zero-order valence-electron chi connectivity index (χ0n) is 12.5. The van der Waals surface area contributed by atoms with Gasteiger partial charge in [-0.05, 0) is 41.0 Å². The fourth-order valence-corrected chi connectivity index (χ4v) is 3.45. The van der Waals surface area contributed by atoms with Gasteiger partial charge in [-0.15, -0.1) is 12.4 Å². The van der Waals surface area contributed by atoms with Gasteiger partial charge in [0, 0.05) is 23.8 Å². The highest BCUT2D eigenvalue weighted by Gasteiger charge is 2.68. The standard InChI is InChI=1S/C16H22N2O.ClH/c1-15(2)13(16(15,3)4)14(19)18-11-5-6-12-10(9-11)7-8-17-12;/h5-6,9,13,17H,7-8H2,1-4H3,(H,18,19);1H. The van der Waals surface area contributed by atoms with Gasteiger partial charge in [0.25, 0.3) is 0 Å². The average molecular weight is 295 g/mol. The van der Waals surface area contributed by atoms with Crippen LogP contribution in [0.2, 0.25) is 0 Å². The highest BCUT2D eigenvalue weighted by Crippen LogP contribution is 2.68. The Bertz CT molecular complexity index is 537. The molecule has 0 spiro atoms. The number of carbonyl (C=O) groups is 1. The Hall–Kier alpha value is -1.22. The molecule has 1 aliphatic heterocycles. The van der Waals surface area contributed by atoms with Gasteiger partial charge < -0.3 is 10.6 Å². The Morgan fingerprint density at radius 3 is 2.50 bits per heavy atom. The molecule has 1 amide bonds. The van der Waals surface area contributed by atoms with Gasteiger partial charge in [-0.1, -0.05) is 27.7 Å². The summed E-state index contributed by atoms with van der Waals surface area (Å²) < 4.78 is 0. The lowest BCUT2D eigenvalue weighted by Crippen LogP contribution is -2.17. The molecule has 1 fully saturated rings. The number of hydrogen-bond acceptors (Lipinski definition) is 2. The average Bonchev–Trinajstić information content (AvgIpc) is 2.67. The maximum Gasteiger partial charge on any atom is 0.228 e. The third-order valence-electron chi connectivity index (χ3n) is 5.37. The van der Waals surface area contributed by atoms with E-state index in [-0.39, 0.29) is 35.1 Å².